The SMILES string of the molecule is C.CC(=O)Oc1ccc(CC[Si]2(C)O[Si](C)(CCc3ccc(OC(C)=O)cc3)O[Si](C)(CCc3ccc(OC(C)=O)cc3)O[Si](C)(CCc3ccc(OC(C)=O)cc3)O2)cc1.CC(=O)Oc1ccccc1CCC[Si]1(C)O[Si](C)(CCCc2ccccc2OC(C)=O)O[Si](C)(CCCc2ccccc2OC(C)=O)O[Si](C)(CCCc2ccccc2OC(C)=O)O1. The van der Waals surface area contributed by atoms with Gasteiger partial charge in [0.25, 0.3) is 0 Å². The number of hydrogen-bond acceptors (Lipinski definition) is 24. The highest BCUT2D eigenvalue weighted by atomic mass is 28.5. The maximum atomic E-state index is 11.9. The predicted molar refractivity (Wildman–Crippen MR) is 497 cm³/mol. The lowest BCUT2D eigenvalue weighted by Gasteiger charge is -2.50. The molecular weight excluding hydrogens is 1730 g/mol. The molecule has 0 radical (unpaired) electrons. The number of benzene rings is 8. The number of ether oxygens (including phenoxy) is 8. The second kappa shape index (κ2) is 46.6. The van der Waals surface area contributed by atoms with Crippen LogP contribution in [0.1, 0.15) is 133 Å². The van der Waals surface area contributed by atoms with Crippen LogP contribution in [0.2, 0.25) is 101 Å². The van der Waals surface area contributed by atoms with Crippen LogP contribution in [0.5, 0.6) is 46.0 Å². The molecular formula is C93H124O24Si8. The largest absolute Gasteiger partial charge is 0.427 e. The van der Waals surface area contributed by atoms with E-state index in [1.54, 1.807) is 48.5 Å². The molecule has 0 aromatic heterocycles. The number of esters is 8. The molecule has 2 aliphatic rings. The molecule has 672 valence electrons. The third-order valence-electron chi connectivity index (χ3n) is 20.9. The third kappa shape index (κ3) is 34.2. The standard InChI is InChI=1S/C48H64O12Si4.C44H56O12Si4.CH4/c1-37(49)53-45-29-13-9-21-41(45)25-17-33-61(5)57-62(6,34-18-26-42-22-10-14-30-46(42)54-38(2)50)59-64(8,36-20-28-44-24-12-16-32-48(44)56-40(4)52)60-63(7,58-61)35-19-27-43-23-11-15-31-47(43)55-39(3)51;1-33(45)49-41-17-9-37(10-18-41)25-29-57(5)53-58(6,30-26-38-11-19-42(20-12-38)50-34(2)46)55-60(8,32-28-40-15-23-44(24-16-40)52-36(4)48)56-59(7,54-57)31-27-39-13-21-43(22-14-39)51-35(3)47;/h9-16,21-24,29-32H,17-20,25-28,33-36H2,1-8H3;9-24H,25-32H2,1-8H3;1H4. The minimum absolute atomic E-state index is 0. The van der Waals surface area contributed by atoms with Crippen LogP contribution in [-0.2, 0) is 123 Å². The second-order valence-corrected chi connectivity index (χ2v) is 61.7. The minimum atomic E-state index is -3.09. The molecule has 8 aromatic carbocycles. The van der Waals surface area contributed by atoms with Crippen molar-refractivity contribution in [2.45, 2.75) is 241 Å². The van der Waals surface area contributed by atoms with Crippen LogP contribution < -0.4 is 37.9 Å². The average Bonchev–Trinajstić information content (AvgIpc) is 0.766. The van der Waals surface area contributed by atoms with Gasteiger partial charge in [-0.05, 0) is 295 Å². The summed E-state index contributed by atoms with van der Waals surface area (Å²) < 4.78 is 103. The van der Waals surface area contributed by atoms with Gasteiger partial charge in [-0.25, -0.2) is 0 Å². The Labute approximate surface area is 745 Å². The Morgan fingerprint density at radius 3 is 0.520 bits per heavy atom. The van der Waals surface area contributed by atoms with Gasteiger partial charge in [0.2, 0.25) is 0 Å². The first kappa shape index (κ1) is 101. The molecule has 0 aliphatic carbocycles. The van der Waals surface area contributed by atoms with Gasteiger partial charge in [-0.3, -0.25) is 38.4 Å². The average molecular weight is 1850 g/mol. The van der Waals surface area contributed by atoms with Crippen molar-refractivity contribution in [2.75, 3.05) is 0 Å². The van der Waals surface area contributed by atoms with Crippen LogP contribution in [0, 0.1) is 0 Å². The van der Waals surface area contributed by atoms with Gasteiger partial charge in [-0.15, -0.1) is 0 Å². The van der Waals surface area contributed by atoms with Crippen LogP contribution in [0.15, 0.2) is 194 Å². The van der Waals surface area contributed by atoms with Gasteiger partial charge in [-0.2, -0.15) is 0 Å². The van der Waals surface area contributed by atoms with E-state index in [4.69, 9.17) is 70.8 Å². The highest BCUT2D eigenvalue weighted by molar-refractivity contribution is 6.95. The molecule has 0 unspecified atom stereocenters. The van der Waals surface area contributed by atoms with Gasteiger partial charge >= 0.3 is 116 Å². The zero-order valence-electron chi connectivity index (χ0n) is 74.4. The minimum Gasteiger partial charge on any atom is -0.427 e. The molecule has 32 heteroatoms. The Balaban J connectivity index is 0.000000308. The summed E-state index contributed by atoms with van der Waals surface area (Å²) in [4.78, 5) is 93.9. The molecule has 24 nitrogen and oxygen atoms in total. The number of hydrogen-bond donors (Lipinski definition) is 0. The lowest BCUT2D eigenvalue weighted by Crippen LogP contribution is -2.67. The second-order valence-electron chi connectivity index (χ2n) is 33.1. The molecule has 0 N–H and O–H groups in total. The summed E-state index contributed by atoms with van der Waals surface area (Å²) in [5.41, 5.74) is 7.96. The normalized spacial score (nSPS) is 22.3. The van der Waals surface area contributed by atoms with Crippen LogP contribution in [0.25, 0.3) is 0 Å². The fraction of sp³-hybridized carbons (Fsp3) is 0.398. The van der Waals surface area contributed by atoms with Crippen molar-refractivity contribution in [3.63, 3.8) is 0 Å². The molecule has 2 aliphatic heterocycles. The predicted octanol–water partition coefficient (Wildman–Crippen LogP) is 20.2. The third-order valence-corrected chi connectivity index (χ3v) is 58.2. The lowest BCUT2D eigenvalue weighted by molar-refractivity contribution is -0.132. The van der Waals surface area contributed by atoms with Crippen LogP contribution in [0.4, 0.5) is 0 Å². The van der Waals surface area contributed by atoms with Crippen molar-refractivity contribution >= 4 is 116 Å². The molecule has 8 aromatic rings. The molecule has 125 heavy (non-hydrogen) atoms. The molecule has 0 spiro atoms. The van der Waals surface area contributed by atoms with Crippen molar-refractivity contribution in [1.82, 2.24) is 0 Å². The van der Waals surface area contributed by atoms with Gasteiger partial charge in [-0.1, -0.05) is 129 Å². The van der Waals surface area contributed by atoms with E-state index < -0.39 is 68.5 Å². The first-order valence-electron chi connectivity index (χ1n) is 42.4. The Morgan fingerprint density at radius 2 is 0.360 bits per heavy atom. The van der Waals surface area contributed by atoms with E-state index in [9.17, 15) is 38.4 Å². The zero-order valence-corrected chi connectivity index (χ0v) is 82.4. The molecule has 0 bridgehead atoms. The number of carbonyl (C=O) groups is 8. The summed E-state index contributed by atoms with van der Waals surface area (Å²) in [7, 11) is -24.6. The highest BCUT2D eigenvalue weighted by Gasteiger charge is 2.58. The van der Waals surface area contributed by atoms with E-state index in [0.717, 1.165) is 70.2 Å². The van der Waals surface area contributed by atoms with Crippen LogP contribution in [-0.4, -0.2) is 116 Å². The Morgan fingerprint density at radius 1 is 0.208 bits per heavy atom. The summed E-state index contributed by atoms with van der Waals surface area (Å²) >= 11 is 0. The summed E-state index contributed by atoms with van der Waals surface area (Å²) in [5.74, 6) is 1.16. The van der Waals surface area contributed by atoms with Gasteiger partial charge in [0, 0.05) is 55.4 Å². The van der Waals surface area contributed by atoms with Crippen LogP contribution >= 0.6 is 0 Å². The summed E-state index contributed by atoms with van der Waals surface area (Å²) in [6, 6.07) is 65.6. The molecule has 0 saturated carbocycles. The van der Waals surface area contributed by atoms with Gasteiger partial charge in [0.05, 0.1) is 0 Å². The molecule has 2 saturated heterocycles. The van der Waals surface area contributed by atoms with Gasteiger partial charge in [0.15, 0.2) is 0 Å². The van der Waals surface area contributed by atoms with Gasteiger partial charge < -0.3 is 70.8 Å². The first-order chi connectivity index (χ1) is 58.7. The van der Waals surface area contributed by atoms with Crippen molar-refractivity contribution in [1.29, 1.82) is 0 Å². The highest BCUT2D eigenvalue weighted by Crippen LogP contribution is 2.43. The topological polar surface area (TPSA) is 284 Å². The monoisotopic (exact) mass is 1850 g/mol. The quantitative estimate of drug-likeness (QED) is 0.0200. The van der Waals surface area contributed by atoms with Crippen LogP contribution in [0.3, 0.4) is 0 Å². The number of rotatable bonds is 36. The smallest absolute Gasteiger partial charge is 0.317 e. The maximum Gasteiger partial charge on any atom is 0.317 e. The molecule has 2 heterocycles. The lowest BCUT2D eigenvalue weighted by atomic mass is 10.1. The van der Waals surface area contributed by atoms with E-state index in [2.05, 4.69) is 52.4 Å². The molecule has 0 amide bonds. The summed E-state index contributed by atoms with van der Waals surface area (Å²) in [5, 5.41) is 0. The Kier molecular flexibility index (Phi) is 37.8. The van der Waals surface area contributed by atoms with E-state index in [1.807, 2.05) is 146 Å². The molecule has 2 fully saturated rings. The Hall–Kier alpha value is -9.06. The Bertz CT molecular complexity index is 4310. The van der Waals surface area contributed by atoms with Gasteiger partial charge in [0.1, 0.15) is 46.0 Å². The van der Waals surface area contributed by atoms with E-state index in [1.165, 1.54) is 55.4 Å². The fourth-order valence-electron chi connectivity index (χ4n) is 15.9. The van der Waals surface area contributed by atoms with Crippen molar-refractivity contribution in [3.05, 3.63) is 239 Å². The van der Waals surface area contributed by atoms with E-state index in [-0.39, 0.29) is 55.2 Å². The van der Waals surface area contributed by atoms with E-state index in [0.29, 0.717) is 146 Å². The molecule has 10 rings (SSSR count). The van der Waals surface area contributed by atoms with Crippen molar-refractivity contribution in [2.24, 2.45) is 0 Å². The van der Waals surface area contributed by atoms with Crippen molar-refractivity contribution in [3.8, 4) is 46.0 Å². The number of aryl methyl sites for hydroxylation is 8. The summed E-state index contributed by atoms with van der Waals surface area (Å²) in [6.07, 6.45) is 8.17. The number of para-hydroxylation sites is 4. The first-order valence-corrected chi connectivity index (χ1v) is 62.6. The molecule has 0 atom stereocenters. The zero-order chi connectivity index (χ0) is 89.9. The van der Waals surface area contributed by atoms with E-state index >= 15 is 0 Å². The number of carbonyl (C=O) groups excluding carboxylic acids is 8. The fourth-order valence-corrected chi connectivity index (χ4v) is 62.3. The maximum absolute atomic E-state index is 11.9. The summed E-state index contributed by atoms with van der Waals surface area (Å²) in [6.45, 7) is 28.2. The van der Waals surface area contributed by atoms with Crippen molar-refractivity contribution < 1.29 is 109 Å².